The number of hydrogen-bond acceptors (Lipinski definition) is 3. The highest BCUT2D eigenvalue weighted by atomic mass is 16.2. The van der Waals surface area contributed by atoms with Crippen LogP contribution in [0.2, 0.25) is 0 Å². The minimum absolute atomic E-state index is 0.0189. The first-order valence-electron chi connectivity index (χ1n) is 7.12. The lowest BCUT2D eigenvalue weighted by atomic mass is 9.94. The summed E-state index contributed by atoms with van der Waals surface area (Å²) in [6.45, 7) is 8.73. The molecule has 0 aromatic rings. The Bertz CT molecular complexity index is 290. The third-order valence-electron chi connectivity index (χ3n) is 3.57. The topological polar surface area (TPSA) is 49.4 Å². The van der Waals surface area contributed by atoms with Crippen LogP contribution in [0.15, 0.2) is 0 Å². The Morgan fingerprint density at radius 3 is 2.56 bits per heavy atom. The minimum Gasteiger partial charge on any atom is -0.317 e. The van der Waals surface area contributed by atoms with Gasteiger partial charge in [0, 0.05) is 18.9 Å². The molecule has 0 aromatic carbocycles. The molecule has 1 aliphatic rings. The summed E-state index contributed by atoms with van der Waals surface area (Å²) in [4.78, 5) is 25.2. The van der Waals surface area contributed by atoms with Crippen molar-refractivity contribution in [2.45, 2.75) is 46.5 Å². The van der Waals surface area contributed by atoms with Gasteiger partial charge in [-0.25, -0.2) is 0 Å². The molecule has 1 aliphatic heterocycles. The highest BCUT2D eigenvalue weighted by Crippen LogP contribution is 2.26. The van der Waals surface area contributed by atoms with Crippen LogP contribution in [0.5, 0.6) is 0 Å². The largest absolute Gasteiger partial charge is 0.317 e. The van der Waals surface area contributed by atoms with Gasteiger partial charge < -0.3 is 5.32 Å². The Balaban J connectivity index is 2.26. The van der Waals surface area contributed by atoms with E-state index in [1.54, 1.807) is 0 Å². The van der Waals surface area contributed by atoms with Gasteiger partial charge in [-0.3, -0.25) is 14.5 Å². The van der Waals surface area contributed by atoms with Crippen molar-refractivity contribution in [3.05, 3.63) is 0 Å². The lowest BCUT2D eigenvalue weighted by molar-refractivity contribution is -0.139. The summed E-state index contributed by atoms with van der Waals surface area (Å²) in [6, 6.07) is 0. The molecule has 0 saturated carbocycles. The van der Waals surface area contributed by atoms with Gasteiger partial charge in [-0.1, -0.05) is 27.2 Å². The summed E-state index contributed by atoms with van der Waals surface area (Å²) < 4.78 is 0. The Hall–Kier alpha value is -0.900. The number of carbonyl (C=O) groups is 2. The van der Waals surface area contributed by atoms with E-state index in [9.17, 15) is 9.59 Å². The van der Waals surface area contributed by atoms with Crippen molar-refractivity contribution in [1.82, 2.24) is 10.2 Å². The number of likely N-dealkylation sites (tertiary alicyclic amines) is 1. The van der Waals surface area contributed by atoms with E-state index >= 15 is 0 Å². The maximum Gasteiger partial charge on any atom is 0.233 e. The van der Waals surface area contributed by atoms with E-state index < -0.39 is 0 Å². The molecule has 1 N–H and O–H groups in total. The molecule has 4 nitrogen and oxygen atoms in total. The molecule has 1 unspecified atom stereocenters. The molecule has 0 radical (unpaired) electrons. The Morgan fingerprint density at radius 2 is 2.00 bits per heavy atom. The molecular formula is C14H26N2O2. The third kappa shape index (κ3) is 4.09. The fourth-order valence-electron chi connectivity index (χ4n) is 2.34. The van der Waals surface area contributed by atoms with Crippen molar-refractivity contribution in [1.29, 1.82) is 0 Å². The summed E-state index contributed by atoms with van der Waals surface area (Å²) in [6.07, 6.45) is 3.51. The number of amides is 2. The number of imide groups is 1. The Morgan fingerprint density at radius 1 is 1.28 bits per heavy atom. The normalized spacial score (nSPS) is 20.2. The van der Waals surface area contributed by atoms with Gasteiger partial charge in [-0.05, 0) is 31.8 Å². The molecule has 0 spiro atoms. The van der Waals surface area contributed by atoms with Crippen molar-refractivity contribution >= 4 is 11.8 Å². The summed E-state index contributed by atoms with van der Waals surface area (Å²) >= 11 is 0. The van der Waals surface area contributed by atoms with Crippen molar-refractivity contribution in [3.63, 3.8) is 0 Å². The standard InChI is InChI=1S/C14H26N2O2/c1-4-15-8-6-5-7-9-16-13(17)10-12(11(2)3)14(16)18/h11-12,15H,4-10H2,1-3H3. The van der Waals surface area contributed by atoms with Gasteiger partial charge in [-0.2, -0.15) is 0 Å². The first kappa shape index (κ1) is 15.2. The van der Waals surface area contributed by atoms with E-state index in [1.165, 1.54) is 4.90 Å². The lowest BCUT2D eigenvalue weighted by Gasteiger charge is -2.16. The van der Waals surface area contributed by atoms with Crippen LogP contribution in [0.3, 0.4) is 0 Å². The van der Waals surface area contributed by atoms with Crippen LogP contribution in [0.1, 0.15) is 46.5 Å². The number of unbranched alkanes of at least 4 members (excludes halogenated alkanes) is 2. The van der Waals surface area contributed by atoms with E-state index in [4.69, 9.17) is 0 Å². The molecule has 0 bridgehead atoms. The predicted molar refractivity (Wildman–Crippen MR) is 72.1 cm³/mol. The molecule has 0 aromatic heterocycles. The molecule has 1 rings (SSSR count). The average Bonchev–Trinajstić information content (AvgIpc) is 2.60. The van der Waals surface area contributed by atoms with Crippen LogP contribution in [-0.2, 0) is 9.59 Å². The van der Waals surface area contributed by atoms with Crippen LogP contribution >= 0.6 is 0 Å². The SMILES string of the molecule is CCNCCCCCN1C(=O)CC(C(C)C)C1=O. The maximum atomic E-state index is 12.0. The van der Waals surface area contributed by atoms with E-state index in [1.807, 2.05) is 13.8 Å². The fraction of sp³-hybridized carbons (Fsp3) is 0.857. The second kappa shape index (κ2) is 7.52. The summed E-state index contributed by atoms with van der Waals surface area (Å²) in [5.74, 6) is 0.242. The number of hydrogen-bond donors (Lipinski definition) is 1. The van der Waals surface area contributed by atoms with Crippen LogP contribution in [0.25, 0.3) is 0 Å². The second-order valence-electron chi connectivity index (χ2n) is 5.35. The molecule has 2 amide bonds. The van der Waals surface area contributed by atoms with E-state index in [2.05, 4.69) is 12.2 Å². The zero-order valence-electron chi connectivity index (χ0n) is 11.9. The van der Waals surface area contributed by atoms with Crippen LogP contribution < -0.4 is 5.32 Å². The molecule has 4 heteroatoms. The second-order valence-corrected chi connectivity index (χ2v) is 5.35. The van der Waals surface area contributed by atoms with Crippen molar-refractivity contribution in [2.75, 3.05) is 19.6 Å². The van der Waals surface area contributed by atoms with E-state index in [0.29, 0.717) is 13.0 Å². The Kier molecular flexibility index (Phi) is 6.33. The molecule has 0 aliphatic carbocycles. The third-order valence-corrected chi connectivity index (χ3v) is 3.57. The summed E-state index contributed by atoms with van der Waals surface area (Å²) in [7, 11) is 0. The monoisotopic (exact) mass is 254 g/mol. The minimum atomic E-state index is -0.0840. The molecular weight excluding hydrogens is 228 g/mol. The molecule has 1 atom stereocenters. The van der Waals surface area contributed by atoms with Gasteiger partial charge in [0.05, 0.1) is 0 Å². The lowest BCUT2D eigenvalue weighted by Crippen LogP contribution is -2.32. The van der Waals surface area contributed by atoms with Crippen molar-refractivity contribution in [2.24, 2.45) is 11.8 Å². The fourth-order valence-corrected chi connectivity index (χ4v) is 2.34. The van der Waals surface area contributed by atoms with Gasteiger partial charge in [0.15, 0.2) is 0 Å². The molecule has 1 saturated heterocycles. The van der Waals surface area contributed by atoms with Crippen LogP contribution in [0.4, 0.5) is 0 Å². The summed E-state index contributed by atoms with van der Waals surface area (Å²) in [5, 5.41) is 3.27. The average molecular weight is 254 g/mol. The van der Waals surface area contributed by atoms with E-state index in [0.717, 1.165) is 32.4 Å². The molecule has 1 heterocycles. The quantitative estimate of drug-likeness (QED) is 0.531. The number of nitrogens with one attached hydrogen (secondary N) is 1. The number of carbonyl (C=O) groups excluding carboxylic acids is 2. The van der Waals surface area contributed by atoms with Crippen molar-refractivity contribution < 1.29 is 9.59 Å². The van der Waals surface area contributed by atoms with Crippen LogP contribution in [-0.4, -0.2) is 36.3 Å². The van der Waals surface area contributed by atoms with Gasteiger partial charge in [-0.15, -0.1) is 0 Å². The van der Waals surface area contributed by atoms with Gasteiger partial charge in [0.25, 0.3) is 0 Å². The maximum absolute atomic E-state index is 12.0. The first-order valence-corrected chi connectivity index (χ1v) is 7.12. The Labute approximate surface area is 110 Å². The number of nitrogens with zero attached hydrogens (tertiary/aromatic N) is 1. The predicted octanol–water partition coefficient (Wildman–Crippen LogP) is 1.80. The molecule has 104 valence electrons. The van der Waals surface area contributed by atoms with Gasteiger partial charge in [0.1, 0.15) is 0 Å². The summed E-state index contributed by atoms with van der Waals surface area (Å²) in [5.41, 5.74) is 0. The zero-order chi connectivity index (χ0) is 13.5. The highest BCUT2D eigenvalue weighted by molar-refractivity contribution is 6.03. The molecule has 1 fully saturated rings. The van der Waals surface area contributed by atoms with Gasteiger partial charge >= 0.3 is 0 Å². The zero-order valence-corrected chi connectivity index (χ0v) is 11.9. The van der Waals surface area contributed by atoms with Gasteiger partial charge in [0.2, 0.25) is 11.8 Å². The highest BCUT2D eigenvalue weighted by Gasteiger charge is 2.39. The molecule has 18 heavy (non-hydrogen) atoms. The van der Waals surface area contributed by atoms with E-state index in [-0.39, 0.29) is 23.7 Å². The number of rotatable bonds is 8. The van der Waals surface area contributed by atoms with Crippen molar-refractivity contribution in [3.8, 4) is 0 Å². The first-order chi connectivity index (χ1) is 8.57. The smallest absolute Gasteiger partial charge is 0.233 e. The van der Waals surface area contributed by atoms with Crippen LogP contribution in [0, 0.1) is 11.8 Å².